The summed E-state index contributed by atoms with van der Waals surface area (Å²) < 4.78 is 0. The summed E-state index contributed by atoms with van der Waals surface area (Å²) in [6.45, 7) is 0. The Hall–Kier alpha value is 3.13. The molecular formula is HgI3-. The third kappa shape index (κ3) is 8.93. The predicted octanol–water partition coefficient (Wildman–Crippen LogP) is 2.65. The van der Waals surface area contributed by atoms with Gasteiger partial charge in [-0.25, -0.2) is 0 Å². The SMILES string of the molecule is [I][Hg-]([I])[I]. The van der Waals surface area contributed by atoms with Crippen LogP contribution in [0.15, 0.2) is 0 Å². The maximum atomic E-state index is 2.55. The van der Waals surface area contributed by atoms with Gasteiger partial charge in [-0.2, -0.15) is 0 Å². The Morgan fingerprint density at radius 3 is 1.00 bits per heavy atom. The Morgan fingerprint density at radius 1 is 1.00 bits per heavy atom. The molecule has 0 aliphatic heterocycles. The number of halogens is 3. The second-order valence-electron chi connectivity index (χ2n) is 0.303. The third-order valence-corrected chi connectivity index (χ3v) is 0. The van der Waals surface area contributed by atoms with Crippen molar-refractivity contribution in [2.24, 2.45) is 0 Å². The average molecular weight is 581 g/mol. The normalized spacial score (nSPS) is 6.75. The molecule has 0 fully saturated rings. The molecule has 0 nitrogen and oxygen atoms in total. The van der Waals surface area contributed by atoms with Gasteiger partial charge in [-0.3, -0.25) is 0 Å². The first-order valence-electron chi connectivity index (χ1n) is 0.802. The molecule has 0 aromatic rings. The Labute approximate surface area is 60.9 Å². The van der Waals surface area contributed by atoms with Crippen molar-refractivity contribution in [2.75, 3.05) is 0 Å². The van der Waals surface area contributed by atoms with Gasteiger partial charge in [-0.1, -0.05) is 0 Å². The van der Waals surface area contributed by atoms with E-state index in [1.165, 1.54) is 0 Å². The van der Waals surface area contributed by atoms with Crippen LogP contribution in [0.1, 0.15) is 0 Å². The van der Waals surface area contributed by atoms with Crippen molar-refractivity contribution >= 4 is 53.0 Å². The summed E-state index contributed by atoms with van der Waals surface area (Å²) in [5, 5.41) is 0. The zero-order chi connectivity index (χ0) is 3.58. The molecule has 0 aromatic heterocycles. The molecule has 0 bridgehead atoms. The van der Waals surface area contributed by atoms with Crippen molar-refractivity contribution in [3.63, 3.8) is 0 Å². The van der Waals surface area contributed by atoms with E-state index in [2.05, 4.69) is 53.0 Å². The Morgan fingerprint density at radius 2 is 1.00 bits per heavy atom. The molecule has 0 atom stereocenters. The minimum atomic E-state index is -0.877. The molecule has 24 valence electrons. The summed E-state index contributed by atoms with van der Waals surface area (Å²) in [6, 6.07) is 0. The summed E-state index contributed by atoms with van der Waals surface area (Å²) in [4.78, 5) is 0. The van der Waals surface area contributed by atoms with E-state index in [1.54, 1.807) is 0 Å². The van der Waals surface area contributed by atoms with Gasteiger partial charge in [0.15, 0.2) is 0 Å². The summed E-state index contributed by atoms with van der Waals surface area (Å²) in [5.74, 6) is 0. The van der Waals surface area contributed by atoms with Crippen molar-refractivity contribution < 1.29 is 10.0 Å². The van der Waals surface area contributed by atoms with Crippen molar-refractivity contribution in [1.29, 1.82) is 0 Å². The van der Waals surface area contributed by atoms with E-state index in [9.17, 15) is 0 Å². The van der Waals surface area contributed by atoms with Gasteiger partial charge in [0.1, 0.15) is 0 Å². The molecular weight excluding hydrogens is 581 g/mol. The summed E-state index contributed by atoms with van der Waals surface area (Å²) >= 11 is 7.64. The number of hydrogen-bond donors (Lipinski definition) is 0. The molecule has 0 aliphatic carbocycles. The van der Waals surface area contributed by atoms with Crippen LogP contribution in [-0.2, 0) is 10.0 Å². The van der Waals surface area contributed by atoms with Gasteiger partial charge in [0.25, 0.3) is 0 Å². The van der Waals surface area contributed by atoms with Crippen LogP contribution in [0, 0.1) is 0 Å². The zero-order valence-electron chi connectivity index (χ0n) is 1.84. The van der Waals surface area contributed by atoms with Gasteiger partial charge in [-0.15, -0.1) is 0 Å². The molecule has 0 saturated carbocycles. The molecule has 0 radical (unpaired) electrons. The van der Waals surface area contributed by atoms with Crippen LogP contribution in [-0.4, -0.2) is 0 Å². The molecule has 4 heteroatoms. The van der Waals surface area contributed by atoms with Crippen LogP contribution in [0.5, 0.6) is 0 Å². The van der Waals surface area contributed by atoms with Crippen LogP contribution in [0.4, 0.5) is 0 Å². The van der Waals surface area contributed by atoms with Crippen molar-refractivity contribution in [2.45, 2.75) is 0 Å². The van der Waals surface area contributed by atoms with Crippen LogP contribution in [0.25, 0.3) is 0 Å². The Balaban J connectivity index is 2.32. The molecule has 0 N–H and O–H groups in total. The summed E-state index contributed by atoms with van der Waals surface area (Å²) in [7, 11) is -0.877. The zero-order valence-corrected chi connectivity index (χ0v) is 13.8. The Bertz CT molecular complexity index is 8.00. The third-order valence-electron chi connectivity index (χ3n) is 0. The van der Waals surface area contributed by atoms with E-state index in [1.807, 2.05) is 0 Å². The van der Waals surface area contributed by atoms with Crippen molar-refractivity contribution in [1.82, 2.24) is 0 Å². The van der Waals surface area contributed by atoms with Crippen molar-refractivity contribution in [3.05, 3.63) is 0 Å². The first-order chi connectivity index (χ1) is 1.73. The van der Waals surface area contributed by atoms with E-state index in [-0.39, 0.29) is 0 Å². The van der Waals surface area contributed by atoms with Crippen LogP contribution in [0.3, 0.4) is 0 Å². The van der Waals surface area contributed by atoms with Gasteiger partial charge in [0, 0.05) is 0 Å². The van der Waals surface area contributed by atoms with Crippen LogP contribution in [0.2, 0.25) is 0 Å². The van der Waals surface area contributed by atoms with Gasteiger partial charge in [-0.05, 0) is 0 Å². The molecule has 0 amide bonds. The summed E-state index contributed by atoms with van der Waals surface area (Å²) in [6.07, 6.45) is 0. The fraction of sp³-hybridized carbons (Fsp3) is 0. The monoisotopic (exact) mass is 583 g/mol. The van der Waals surface area contributed by atoms with E-state index in [4.69, 9.17) is 0 Å². The van der Waals surface area contributed by atoms with Gasteiger partial charge < -0.3 is 0 Å². The Kier molecular flexibility index (Phi) is 7.64. The van der Waals surface area contributed by atoms with Gasteiger partial charge in [0.05, 0.1) is 0 Å². The van der Waals surface area contributed by atoms with E-state index in [0.717, 1.165) is 0 Å². The summed E-state index contributed by atoms with van der Waals surface area (Å²) in [5.41, 5.74) is 0. The van der Waals surface area contributed by atoms with Gasteiger partial charge in [0.2, 0.25) is 0 Å². The second kappa shape index (κ2) is 4.29. The predicted molar refractivity (Wildman–Crippen MR) is 42.1 cm³/mol. The number of rotatable bonds is 0. The van der Waals surface area contributed by atoms with E-state index >= 15 is 0 Å². The molecule has 0 unspecified atom stereocenters. The molecule has 0 rings (SSSR count). The van der Waals surface area contributed by atoms with E-state index in [0.29, 0.717) is 0 Å². The molecule has 0 saturated heterocycles. The van der Waals surface area contributed by atoms with Gasteiger partial charge >= 0.3 is 63.0 Å². The topological polar surface area (TPSA) is 0 Å². The van der Waals surface area contributed by atoms with Crippen LogP contribution >= 0.6 is 53.0 Å². The average Bonchev–Trinajstić information content (AvgIpc) is 0.811. The first-order valence-corrected chi connectivity index (χ1v) is 47.2. The molecule has 0 aromatic carbocycles. The maximum absolute atomic E-state index is 2.55. The molecule has 0 aliphatic rings. The minimum absolute atomic E-state index is 0.877. The number of hydrogen-bond acceptors (Lipinski definition) is 0. The first kappa shape index (κ1) is 7.13. The van der Waals surface area contributed by atoms with Crippen molar-refractivity contribution in [3.8, 4) is 0 Å². The van der Waals surface area contributed by atoms with E-state index < -0.39 is 10.0 Å². The fourth-order valence-electron chi connectivity index (χ4n) is 0. The standard InChI is InChI=1S/Hg.3HI/h;3*1H/q+2;;;/p-3. The molecule has 0 heterocycles. The molecule has 0 spiro atoms. The molecule has 4 heavy (non-hydrogen) atoms. The quantitative estimate of drug-likeness (QED) is 0.305. The fourth-order valence-corrected chi connectivity index (χ4v) is 0. The van der Waals surface area contributed by atoms with Crippen LogP contribution < -0.4 is 0 Å². The second-order valence-corrected chi connectivity index (χ2v) is 120.